The molecule has 1 aromatic carbocycles. The van der Waals surface area contributed by atoms with E-state index in [2.05, 4.69) is 0 Å². The van der Waals surface area contributed by atoms with Crippen molar-refractivity contribution in [1.29, 1.82) is 0 Å². The number of benzene rings is 1. The van der Waals surface area contributed by atoms with Crippen LogP contribution in [0.4, 0.5) is 10.1 Å². The van der Waals surface area contributed by atoms with Crippen LogP contribution in [0, 0.1) is 15.9 Å². The van der Waals surface area contributed by atoms with Gasteiger partial charge >= 0.3 is 5.69 Å². The van der Waals surface area contributed by atoms with Crippen LogP contribution in [-0.2, 0) is 0 Å². The minimum atomic E-state index is -0.872. The second kappa shape index (κ2) is 5.53. The Labute approximate surface area is 91.8 Å². The summed E-state index contributed by atoms with van der Waals surface area (Å²) in [5.41, 5.74) is 5.67. The molecule has 0 aliphatic rings. The van der Waals surface area contributed by atoms with Gasteiger partial charge in [0.15, 0.2) is 0 Å². The lowest BCUT2D eigenvalue weighted by molar-refractivity contribution is -0.387. The van der Waals surface area contributed by atoms with Crippen LogP contribution in [0.2, 0.25) is 0 Å². The third-order valence-corrected chi connectivity index (χ3v) is 2.27. The molecule has 5 nitrogen and oxygen atoms in total. The van der Waals surface area contributed by atoms with Crippen molar-refractivity contribution in [2.75, 3.05) is 6.61 Å². The van der Waals surface area contributed by atoms with Gasteiger partial charge in [0.1, 0.15) is 0 Å². The first-order valence-corrected chi connectivity index (χ1v) is 4.86. The normalized spacial score (nSPS) is 12.4. The summed E-state index contributed by atoms with van der Waals surface area (Å²) in [7, 11) is 0. The third-order valence-electron chi connectivity index (χ3n) is 2.27. The molecule has 0 saturated carbocycles. The maximum Gasteiger partial charge on any atom is 0.305 e. The first-order chi connectivity index (χ1) is 7.56. The maximum atomic E-state index is 13.0. The number of aliphatic hydroxyl groups excluding tert-OH is 1. The van der Waals surface area contributed by atoms with E-state index in [1.807, 2.05) is 0 Å². The van der Waals surface area contributed by atoms with Crippen LogP contribution in [0.5, 0.6) is 0 Å². The number of halogens is 1. The van der Waals surface area contributed by atoms with Crippen molar-refractivity contribution in [2.24, 2.45) is 5.73 Å². The highest BCUT2D eigenvalue weighted by Gasteiger charge is 2.16. The van der Waals surface area contributed by atoms with Gasteiger partial charge in [-0.25, -0.2) is 0 Å². The maximum absolute atomic E-state index is 13.0. The number of hydrogen-bond donors (Lipinski definition) is 2. The van der Waals surface area contributed by atoms with Crippen LogP contribution in [-0.4, -0.2) is 16.6 Å². The fourth-order valence-corrected chi connectivity index (χ4v) is 1.38. The second-order valence-electron chi connectivity index (χ2n) is 3.44. The lowest BCUT2D eigenvalue weighted by Gasteiger charge is -2.10. The minimum Gasteiger partial charge on any atom is -0.396 e. The van der Waals surface area contributed by atoms with Crippen LogP contribution in [0.3, 0.4) is 0 Å². The Morgan fingerprint density at radius 2 is 2.25 bits per heavy atom. The summed E-state index contributed by atoms with van der Waals surface area (Å²) in [6, 6.07) is 3.17. The SMILES string of the molecule is N[C@@H](CCCO)c1ccc(F)c([N+](=O)[O-])c1. The Balaban J connectivity index is 2.89. The van der Waals surface area contributed by atoms with Crippen molar-refractivity contribution in [2.45, 2.75) is 18.9 Å². The Hall–Kier alpha value is -1.53. The minimum absolute atomic E-state index is 0.0109. The van der Waals surface area contributed by atoms with Gasteiger partial charge in [-0.1, -0.05) is 6.07 Å². The zero-order valence-electron chi connectivity index (χ0n) is 8.60. The third kappa shape index (κ3) is 2.98. The van der Waals surface area contributed by atoms with Crippen LogP contribution in [0.15, 0.2) is 18.2 Å². The molecule has 0 fully saturated rings. The van der Waals surface area contributed by atoms with Crippen molar-refractivity contribution in [1.82, 2.24) is 0 Å². The molecule has 0 bridgehead atoms. The predicted molar refractivity (Wildman–Crippen MR) is 56.3 cm³/mol. The summed E-state index contributed by atoms with van der Waals surface area (Å²) in [4.78, 5) is 9.72. The van der Waals surface area contributed by atoms with Crippen molar-refractivity contribution >= 4 is 5.69 Å². The van der Waals surface area contributed by atoms with E-state index in [4.69, 9.17) is 10.8 Å². The van der Waals surface area contributed by atoms with Gasteiger partial charge in [-0.3, -0.25) is 10.1 Å². The molecule has 6 heteroatoms. The van der Waals surface area contributed by atoms with Crippen LogP contribution in [0.1, 0.15) is 24.4 Å². The molecular formula is C10H13FN2O3. The van der Waals surface area contributed by atoms with E-state index in [0.717, 1.165) is 12.1 Å². The molecule has 0 spiro atoms. The van der Waals surface area contributed by atoms with E-state index < -0.39 is 22.5 Å². The van der Waals surface area contributed by atoms with Crippen molar-refractivity contribution in [3.63, 3.8) is 0 Å². The van der Waals surface area contributed by atoms with E-state index in [-0.39, 0.29) is 6.61 Å². The lowest BCUT2D eigenvalue weighted by atomic mass is 10.0. The number of nitrogens with two attached hydrogens (primary N) is 1. The van der Waals surface area contributed by atoms with Crippen molar-refractivity contribution in [3.05, 3.63) is 39.7 Å². The first kappa shape index (κ1) is 12.5. The zero-order chi connectivity index (χ0) is 12.1. The topological polar surface area (TPSA) is 89.4 Å². The smallest absolute Gasteiger partial charge is 0.305 e. The average molecular weight is 228 g/mol. The Morgan fingerprint density at radius 1 is 1.56 bits per heavy atom. The summed E-state index contributed by atoms with van der Waals surface area (Å²) < 4.78 is 13.0. The van der Waals surface area contributed by atoms with Gasteiger partial charge in [-0.05, 0) is 24.5 Å². The first-order valence-electron chi connectivity index (χ1n) is 4.86. The van der Waals surface area contributed by atoms with Crippen molar-refractivity contribution in [3.8, 4) is 0 Å². The number of rotatable bonds is 5. The number of nitrogens with zero attached hydrogens (tertiary/aromatic N) is 1. The quantitative estimate of drug-likeness (QED) is 0.590. The summed E-state index contributed by atoms with van der Waals surface area (Å²) >= 11 is 0. The highest BCUT2D eigenvalue weighted by Crippen LogP contribution is 2.23. The molecule has 0 aromatic heterocycles. The van der Waals surface area contributed by atoms with Crippen LogP contribution in [0.25, 0.3) is 0 Å². The average Bonchev–Trinajstić information content (AvgIpc) is 2.26. The van der Waals surface area contributed by atoms with Gasteiger partial charge in [0, 0.05) is 18.7 Å². The van der Waals surface area contributed by atoms with Gasteiger partial charge in [0.25, 0.3) is 0 Å². The molecule has 0 heterocycles. The number of nitro benzene ring substituents is 1. The molecule has 0 aliphatic carbocycles. The van der Waals surface area contributed by atoms with E-state index in [9.17, 15) is 14.5 Å². The lowest BCUT2D eigenvalue weighted by Crippen LogP contribution is -2.11. The number of hydrogen-bond acceptors (Lipinski definition) is 4. The van der Waals surface area contributed by atoms with Gasteiger partial charge in [0.2, 0.25) is 5.82 Å². The molecule has 88 valence electrons. The largest absolute Gasteiger partial charge is 0.396 e. The van der Waals surface area contributed by atoms with Crippen LogP contribution >= 0.6 is 0 Å². The fraction of sp³-hybridized carbons (Fsp3) is 0.400. The number of nitro groups is 1. The summed E-state index contributed by atoms with van der Waals surface area (Å²) in [6.07, 6.45) is 1.01. The summed E-state index contributed by atoms with van der Waals surface area (Å²) in [6.45, 7) is 0.0109. The zero-order valence-corrected chi connectivity index (χ0v) is 8.60. The fourth-order valence-electron chi connectivity index (χ4n) is 1.38. The van der Waals surface area contributed by atoms with Gasteiger partial charge in [-0.2, -0.15) is 4.39 Å². The molecular weight excluding hydrogens is 215 g/mol. The Kier molecular flexibility index (Phi) is 4.33. The van der Waals surface area contributed by atoms with Gasteiger partial charge in [0.05, 0.1) is 4.92 Å². The molecule has 1 aromatic rings. The highest BCUT2D eigenvalue weighted by molar-refractivity contribution is 5.37. The molecule has 16 heavy (non-hydrogen) atoms. The molecule has 0 aliphatic heterocycles. The monoisotopic (exact) mass is 228 g/mol. The van der Waals surface area contributed by atoms with E-state index in [1.54, 1.807) is 0 Å². The van der Waals surface area contributed by atoms with Gasteiger partial charge < -0.3 is 10.8 Å². The van der Waals surface area contributed by atoms with E-state index in [0.29, 0.717) is 18.4 Å². The van der Waals surface area contributed by atoms with Crippen LogP contribution < -0.4 is 5.73 Å². The molecule has 0 amide bonds. The standard InChI is InChI=1S/C10H13FN2O3/c11-8-4-3-7(6-10(8)13(15)16)9(12)2-1-5-14/h3-4,6,9,14H,1-2,5,12H2/t9-/m0/s1. The highest BCUT2D eigenvalue weighted by atomic mass is 19.1. The predicted octanol–water partition coefficient (Wildman–Crippen LogP) is 1.51. The Bertz CT molecular complexity index is 384. The van der Waals surface area contributed by atoms with E-state index in [1.165, 1.54) is 6.07 Å². The van der Waals surface area contributed by atoms with Crippen molar-refractivity contribution < 1.29 is 14.4 Å². The molecule has 0 radical (unpaired) electrons. The summed E-state index contributed by atoms with van der Waals surface area (Å²) in [5, 5.41) is 19.1. The molecule has 0 saturated heterocycles. The molecule has 1 rings (SSSR count). The summed E-state index contributed by atoms with van der Waals surface area (Å²) in [5.74, 6) is -0.872. The molecule has 0 unspecified atom stereocenters. The Morgan fingerprint density at radius 3 is 2.81 bits per heavy atom. The second-order valence-corrected chi connectivity index (χ2v) is 3.44. The van der Waals surface area contributed by atoms with Gasteiger partial charge in [-0.15, -0.1) is 0 Å². The number of aliphatic hydroxyl groups is 1. The molecule has 1 atom stereocenters. The van der Waals surface area contributed by atoms with E-state index >= 15 is 0 Å². The molecule has 3 N–H and O–H groups in total.